The quantitative estimate of drug-likeness (QED) is 0.404. The van der Waals surface area contributed by atoms with Crippen LogP contribution in [0, 0.1) is 0 Å². The number of aromatic nitrogens is 1. The van der Waals surface area contributed by atoms with Gasteiger partial charge in [0.05, 0.1) is 22.8 Å². The fraction of sp³-hybridized carbons (Fsp3) is 0.304. The largest absolute Gasteiger partial charge is 0.492 e. The predicted molar refractivity (Wildman–Crippen MR) is 113 cm³/mol. The van der Waals surface area contributed by atoms with Crippen molar-refractivity contribution in [3.63, 3.8) is 0 Å². The smallest absolute Gasteiger partial charge is 0.416 e. The lowest BCUT2D eigenvalue weighted by Crippen LogP contribution is -2.13. The Morgan fingerprint density at radius 1 is 1.19 bits per heavy atom. The molecule has 5 nitrogen and oxygen atoms in total. The van der Waals surface area contributed by atoms with E-state index in [9.17, 15) is 18.0 Å². The molecular formula is C23H20F3NO4S. The number of ether oxygens (including phenoxy) is 2. The highest BCUT2D eigenvalue weighted by Crippen LogP contribution is 2.42. The standard InChI is InChI=1S/C23H20F3NO4S/c1-14(28)12-30-19-8-9-21(22-18(19)3-2-10-29-22)32-13-17-11-20(31-27-17)15-4-6-16(7-5-15)23(24,25)26/h4-9,11H,2-3,10,12-13H2,1H3. The Balaban J connectivity index is 1.46. The number of Topliss-reactive ketones (excluding diaryl/α,β-unsaturated/α-hetero) is 1. The van der Waals surface area contributed by atoms with Crippen LogP contribution >= 0.6 is 11.8 Å². The molecule has 0 saturated heterocycles. The van der Waals surface area contributed by atoms with Crippen molar-refractivity contribution in [1.82, 2.24) is 5.16 Å². The molecular weight excluding hydrogens is 443 g/mol. The first-order chi connectivity index (χ1) is 15.3. The third kappa shape index (κ3) is 5.09. The monoisotopic (exact) mass is 463 g/mol. The number of nitrogens with zero attached hydrogens (tertiary/aromatic N) is 1. The van der Waals surface area contributed by atoms with E-state index in [0.29, 0.717) is 35.1 Å². The third-order valence-corrected chi connectivity index (χ3v) is 5.93. The van der Waals surface area contributed by atoms with Crippen LogP contribution in [0.15, 0.2) is 51.9 Å². The van der Waals surface area contributed by atoms with E-state index in [4.69, 9.17) is 14.0 Å². The molecule has 0 amide bonds. The van der Waals surface area contributed by atoms with Crippen molar-refractivity contribution in [2.24, 2.45) is 0 Å². The fourth-order valence-electron chi connectivity index (χ4n) is 3.33. The molecule has 0 unspecified atom stereocenters. The van der Waals surface area contributed by atoms with Crippen LogP contribution in [-0.4, -0.2) is 24.2 Å². The van der Waals surface area contributed by atoms with Gasteiger partial charge in [0.1, 0.15) is 18.1 Å². The first-order valence-corrected chi connectivity index (χ1v) is 11.0. The molecule has 0 fully saturated rings. The molecule has 1 aromatic heterocycles. The van der Waals surface area contributed by atoms with Crippen molar-refractivity contribution in [3.05, 3.63) is 59.3 Å². The Hall–Kier alpha value is -2.94. The first-order valence-electron chi connectivity index (χ1n) is 9.98. The number of halogens is 3. The van der Waals surface area contributed by atoms with Crippen molar-refractivity contribution >= 4 is 17.5 Å². The van der Waals surface area contributed by atoms with Crippen LogP contribution in [0.25, 0.3) is 11.3 Å². The van der Waals surface area contributed by atoms with Gasteiger partial charge < -0.3 is 14.0 Å². The van der Waals surface area contributed by atoms with Gasteiger partial charge in [0.2, 0.25) is 0 Å². The number of hydrogen-bond donors (Lipinski definition) is 0. The molecule has 0 radical (unpaired) electrons. The summed E-state index contributed by atoms with van der Waals surface area (Å²) in [6.45, 7) is 2.10. The number of rotatable bonds is 7. The van der Waals surface area contributed by atoms with Crippen LogP contribution in [-0.2, 0) is 23.1 Å². The minimum Gasteiger partial charge on any atom is -0.492 e. The predicted octanol–water partition coefficient (Wildman–Crippen LogP) is 5.95. The van der Waals surface area contributed by atoms with E-state index in [0.717, 1.165) is 41.2 Å². The highest BCUT2D eigenvalue weighted by molar-refractivity contribution is 7.98. The molecule has 2 heterocycles. The maximum atomic E-state index is 12.7. The normalized spacial score (nSPS) is 13.4. The molecule has 32 heavy (non-hydrogen) atoms. The van der Waals surface area contributed by atoms with Crippen molar-refractivity contribution in [2.45, 2.75) is 36.6 Å². The van der Waals surface area contributed by atoms with Crippen LogP contribution in [0.4, 0.5) is 13.2 Å². The van der Waals surface area contributed by atoms with E-state index in [2.05, 4.69) is 5.16 Å². The van der Waals surface area contributed by atoms with Gasteiger partial charge in [-0.25, -0.2) is 0 Å². The van der Waals surface area contributed by atoms with Crippen molar-refractivity contribution in [2.75, 3.05) is 13.2 Å². The van der Waals surface area contributed by atoms with Crippen LogP contribution in [0.1, 0.15) is 30.2 Å². The lowest BCUT2D eigenvalue weighted by Gasteiger charge is -2.22. The number of carbonyl (C=O) groups is 1. The van der Waals surface area contributed by atoms with Gasteiger partial charge in [0, 0.05) is 22.9 Å². The summed E-state index contributed by atoms with van der Waals surface area (Å²) < 4.78 is 55.1. The Bertz CT molecular complexity index is 1110. The molecule has 0 N–H and O–H groups in total. The molecule has 0 aliphatic carbocycles. The molecule has 0 spiro atoms. The zero-order valence-electron chi connectivity index (χ0n) is 17.2. The summed E-state index contributed by atoms with van der Waals surface area (Å²) in [5.41, 5.74) is 1.42. The Morgan fingerprint density at radius 3 is 2.69 bits per heavy atom. The molecule has 4 rings (SSSR count). The second-order valence-electron chi connectivity index (χ2n) is 7.36. The van der Waals surface area contributed by atoms with Gasteiger partial charge >= 0.3 is 6.18 Å². The topological polar surface area (TPSA) is 61.6 Å². The summed E-state index contributed by atoms with van der Waals surface area (Å²) in [5.74, 6) is 2.26. The van der Waals surface area contributed by atoms with E-state index in [-0.39, 0.29) is 12.4 Å². The highest BCUT2D eigenvalue weighted by atomic mass is 32.2. The summed E-state index contributed by atoms with van der Waals surface area (Å²) in [6, 6.07) is 10.2. The molecule has 0 saturated carbocycles. The van der Waals surface area contributed by atoms with Gasteiger partial charge in [-0.15, -0.1) is 11.8 Å². The number of carbonyl (C=O) groups excluding carboxylic acids is 1. The van der Waals surface area contributed by atoms with Gasteiger partial charge in [-0.05, 0) is 44.0 Å². The molecule has 2 aromatic carbocycles. The van der Waals surface area contributed by atoms with Gasteiger partial charge in [-0.1, -0.05) is 17.3 Å². The molecule has 1 aliphatic heterocycles. The number of benzene rings is 2. The maximum absolute atomic E-state index is 12.7. The minimum absolute atomic E-state index is 0.0184. The van der Waals surface area contributed by atoms with Crippen LogP contribution < -0.4 is 9.47 Å². The van der Waals surface area contributed by atoms with Crippen LogP contribution in [0.2, 0.25) is 0 Å². The number of fused-ring (bicyclic) bond motifs is 1. The van der Waals surface area contributed by atoms with E-state index >= 15 is 0 Å². The number of alkyl halides is 3. The first kappa shape index (κ1) is 22.3. The number of hydrogen-bond acceptors (Lipinski definition) is 6. The number of thioether (sulfide) groups is 1. The minimum atomic E-state index is -4.38. The van der Waals surface area contributed by atoms with Crippen molar-refractivity contribution < 1.29 is 32.0 Å². The summed E-state index contributed by atoms with van der Waals surface area (Å²) in [4.78, 5) is 12.2. The van der Waals surface area contributed by atoms with E-state index in [1.807, 2.05) is 12.1 Å². The van der Waals surface area contributed by atoms with Crippen LogP contribution in [0.5, 0.6) is 11.5 Å². The lowest BCUT2D eigenvalue weighted by atomic mass is 10.1. The van der Waals surface area contributed by atoms with Gasteiger partial charge in [0.25, 0.3) is 0 Å². The summed E-state index contributed by atoms with van der Waals surface area (Å²) in [5, 5.41) is 4.04. The average molecular weight is 463 g/mol. The molecule has 9 heteroatoms. The second-order valence-corrected chi connectivity index (χ2v) is 8.38. The van der Waals surface area contributed by atoms with E-state index < -0.39 is 11.7 Å². The summed E-state index contributed by atoms with van der Waals surface area (Å²) in [6.07, 6.45) is -2.70. The molecule has 1 aliphatic rings. The number of ketones is 1. The third-order valence-electron chi connectivity index (χ3n) is 4.86. The second kappa shape index (κ2) is 9.28. The Kier molecular flexibility index (Phi) is 6.45. The molecule has 0 bridgehead atoms. The zero-order valence-corrected chi connectivity index (χ0v) is 18.0. The maximum Gasteiger partial charge on any atom is 0.416 e. The molecule has 3 aromatic rings. The molecule has 168 valence electrons. The Morgan fingerprint density at radius 2 is 1.97 bits per heavy atom. The molecule has 0 atom stereocenters. The van der Waals surface area contributed by atoms with E-state index in [1.54, 1.807) is 6.07 Å². The van der Waals surface area contributed by atoms with Gasteiger partial charge in [-0.2, -0.15) is 13.2 Å². The Labute approximate surface area is 186 Å². The van der Waals surface area contributed by atoms with Crippen molar-refractivity contribution in [1.29, 1.82) is 0 Å². The van der Waals surface area contributed by atoms with Crippen molar-refractivity contribution in [3.8, 4) is 22.8 Å². The fourth-order valence-corrected chi connectivity index (χ4v) is 4.24. The van der Waals surface area contributed by atoms with Gasteiger partial charge in [0.15, 0.2) is 11.5 Å². The van der Waals surface area contributed by atoms with Crippen LogP contribution in [0.3, 0.4) is 0 Å². The average Bonchev–Trinajstić information content (AvgIpc) is 3.25. The lowest BCUT2D eigenvalue weighted by molar-refractivity contribution is -0.137. The summed E-state index contributed by atoms with van der Waals surface area (Å²) in [7, 11) is 0. The zero-order chi connectivity index (χ0) is 22.7. The summed E-state index contributed by atoms with van der Waals surface area (Å²) >= 11 is 1.52. The van der Waals surface area contributed by atoms with E-state index in [1.165, 1.54) is 30.8 Å². The SMILES string of the molecule is CC(=O)COc1ccc(SCc2cc(-c3ccc(C(F)(F)F)cc3)on2)c2c1CCCO2. The van der Waals surface area contributed by atoms with Gasteiger partial charge in [-0.3, -0.25) is 4.79 Å². The highest BCUT2D eigenvalue weighted by Gasteiger charge is 2.30.